The van der Waals surface area contributed by atoms with Crippen LogP contribution in [0.15, 0.2) is 60.9 Å². The molecular formula is C27H30N6O3. The summed E-state index contributed by atoms with van der Waals surface area (Å²) in [7, 11) is 0. The molecular weight excluding hydrogens is 456 g/mol. The number of carbonyl (C=O) groups is 1. The minimum atomic E-state index is -0.917. The quantitative estimate of drug-likeness (QED) is 0.385. The van der Waals surface area contributed by atoms with Gasteiger partial charge in [-0.05, 0) is 54.7 Å². The molecule has 2 atom stereocenters. The SMILES string of the molecule is CC(C)(C)C1[C@H](n2nc(-c3ccc(Oc4ccccc4)cc3)c3c(N)ncnc32)CCCN1C(=O)O. The van der Waals surface area contributed by atoms with Crippen molar-refractivity contribution in [1.82, 2.24) is 24.6 Å². The summed E-state index contributed by atoms with van der Waals surface area (Å²) in [6, 6.07) is 16.8. The number of aromatic nitrogens is 4. The summed E-state index contributed by atoms with van der Waals surface area (Å²) < 4.78 is 7.79. The van der Waals surface area contributed by atoms with Crippen molar-refractivity contribution in [2.24, 2.45) is 5.41 Å². The third-order valence-corrected chi connectivity index (χ3v) is 6.67. The van der Waals surface area contributed by atoms with Crippen molar-refractivity contribution in [1.29, 1.82) is 0 Å². The van der Waals surface area contributed by atoms with Crippen molar-refractivity contribution in [3.05, 3.63) is 60.9 Å². The van der Waals surface area contributed by atoms with Gasteiger partial charge in [-0.3, -0.25) is 0 Å². The Morgan fingerprint density at radius 1 is 1.06 bits per heavy atom. The maximum Gasteiger partial charge on any atom is 0.407 e. The van der Waals surface area contributed by atoms with E-state index >= 15 is 0 Å². The van der Waals surface area contributed by atoms with Gasteiger partial charge in [-0.25, -0.2) is 19.4 Å². The highest BCUT2D eigenvalue weighted by atomic mass is 16.5. The maximum atomic E-state index is 12.1. The van der Waals surface area contributed by atoms with E-state index in [0.717, 1.165) is 24.2 Å². The van der Waals surface area contributed by atoms with Crippen molar-refractivity contribution in [2.75, 3.05) is 12.3 Å². The van der Waals surface area contributed by atoms with E-state index in [4.69, 9.17) is 15.6 Å². The zero-order valence-corrected chi connectivity index (χ0v) is 20.6. The van der Waals surface area contributed by atoms with Crippen LogP contribution in [0.1, 0.15) is 39.7 Å². The Kier molecular flexibility index (Phi) is 5.99. The molecule has 1 aliphatic rings. The van der Waals surface area contributed by atoms with Gasteiger partial charge in [0.1, 0.15) is 29.3 Å². The first-order chi connectivity index (χ1) is 17.2. The van der Waals surface area contributed by atoms with Crippen molar-refractivity contribution in [3.8, 4) is 22.8 Å². The molecule has 1 amide bonds. The molecule has 0 saturated carbocycles. The summed E-state index contributed by atoms with van der Waals surface area (Å²) in [5.41, 5.74) is 8.14. The number of likely N-dealkylation sites (tertiary alicyclic amines) is 1. The summed E-state index contributed by atoms with van der Waals surface area (Å²) >= 11 is 0. The molecule has 0 bridgehead atoms. The van der Waals surface area contributed by atoms with Gasteiger partial charge in [-0.15, -0.1) is 0 Å². The normalized spacial score (nSPS) is 18.4. The summed E-state index contributed by atoms with van der Waals surface area (Å²) in [4.78, 5) is 22.4. The van der Waals surface area contributed by atoms with Crippen LogP contribution in [0.4, 0.5) is 10.6 Å². The molecule has 186 valence electrons. The molecule has 5 rings (SSSR count). The highest BCUT2D eigenvalue weighted by Crippen LogP contribution is 2.41. The molecule has 3 N–H and O–H groups in total. The number of anilines is 1. The number of para-hydroxylation sites is 1. The van der Waals surface area contributed by atoms with Crippen LogP contribution in [-0.4, -0.2) is 48.4 Å². The zero-order valence-electron chi connectivity index (χ0n) is 20.6. The summed E-state index contributed by atoms with van der Waals surface area (Å²) in [6.07, 6.45) is 2.04. The third kappa shape index (κ3) is 4.32. The third-order valence-electron chi connectivity index (χ3n) is 6.67. The van der Waals surface area contributed by atoms with Crippen LogP contribution in [0, 0.1) is 5.41 Å². The van der Waals surface area contributed by atoms with E-state index in [-0.39, 0.29) is 17.5 Å². The lowest BCUT2D eigenvalue weighted by molar-refractivity contribution is 0.0249. The summed E-state index contributed by atoms with van der Waals surface area (Å²) in [5, 5.41) is 15.6. The highest BCUT2D eigenvalue weighted by molar-refractivity contribution is 5.98. The number of hydrogen-bond acceptors (Lipinski definition) is 6. The Morgan fingerprint density at radius 2 is 1.75 bits per heavy atom. The predicted octanol–water partition coefficient (Wildman–Crippen LogP) is 5.60. The van der Waals surface area contributed by atoms with Crippen molar-refractivity contribution in [3.63, 3.8) is 0 Å². The second-order valence-corrected chi connectivity index (χ2v) is 10.2. The number of rotatable bonds is 4. The van der Waals surface area contributed by atoms with Crippen molar-refractivity contribution < 1.29 is 14.6 Å². The van der Waals surface area contributed by atoms with Crippen LogP contribution in [-0.2, 0) is 0 Å². The molecule has 4 aromatic rings. The molecule has 3 heterocycles. The second-order valence-electron chi connectivity index (χ2n) is 10.2. The van der Waals surface area contributed by atoms with E-state index in [1.807, 2.05) is 59.3 Å². The zero-order chi connectivity index (χ0) is 25.4. The van der Waals surface area contributed by atoms with Crippen LogP contribution in [0.3, 0.4) is 0 Å². The Balaban J connectivity index is 1.58. The molecule has 36 heavy (non-hydrogen) atoms. The van der Waals surface area contributed by atoms with Crippen LogP contribution >= 0.6 is 0 Å². The van der Waals surface area contributed by atoms with E-state index in [0.29, 0.717) is 34.8 Å². The number of ether oxygens (including phenoxy) is 1. The average molecular weight is 487 g/mol. The number of piperidine rings is 1. The van der Waals surface area contributed by atoms with Crippen molar-refractivity contribution in [2.45, 2.75) is 45.7 Å². The van der Waals surface area contributed by atoms with Gasteiger partial charge in [-0.1, -0.05) is 39.0 Å². The standard InChI is InChI=1S/C27H30N6O3/c1-27(2,3)23-20(10-7-15-32(23)26(34)35)33-25-21(24(28)29-16-30-25)22(31-33)17-11-13-19(14-12-17)36-18-8-5-4-6-9-18/h4-6,8-9,11-14,16,20,23H,7,10,15H2,1-3H3,(H,34,35)(H2,28,29,30)/t20-,23?/m1/s1. The van der Waals surface area contributed by atoms with Gasteiger partial charge in [0.25, 0.3) is 0 Å². The molecule has 0 spiro atoms. The fourth-order valence-electron chi connectivity index (χ4n) is 5.22. The topological polar surface area (TPSA) is 119 Å². The fraction of sp³-hybridized carbons (Fsp3) is 0.333. The van der Waals surface area contributed by atoms with E-state index in [1.54, 1.807) is 4.90 Å². The number of fused-ring (bicyclic) bond motifs is 1. The molecule has 0 radical (unpaired) electrons. The molecule has 1 fully saturated rings. The lowest BCUT2D eigenvalue weighted by Gasteiger charge is -2.46. The van der Waals surface area contributed by atoms with Gasteiger partial charge < -0.3 is 20.5 Å². The average Bonchev–Trinajstić information content (AvgIpc) is 3.25. The molecule has 1 saturated heterocycles. The fourth-order valence-corrected chi connectivity index (χ4v) is 5.22. The molecule has 1 aliphatic heterocycles. The molecule has 9 heteroatoms. The van der Waals surface area contributed by atoms with E-state index in [2.05, 4.69) is 30.7 Å². The first kappa shape index (κ1) is 23.6. The number of carboxylic acid groups (broad SMARTS) is 1. The van der Waals surface area contributed by atoms with Gasteiger partial charge >= 0.3 is 6.09 Å². The molecule has 1 unspecified atom stereocenters. The molecule has 2 aromatic carbocycles. The highest BCUT2D eigenvalue weighted by Gasteiger charge is 2.44. The number of nitrogens with zero attached hydrogens (tertiary/aromatic N) is 5. The minimum absolute atomic E-state index is 0.193. The lowest BCUT2D eigenvalue weighted by Crippen LogP contribution is -2.54. The van der Waals surface area contributed by atoms with Gasteiger partial charge in [0.15, 0.2) is 5.65 Å². The Hall–Kier alpha value is -4.14. The predicted molar refractivity (Wildman–Crippen MR) is 138 cm³/mol. The first-order valence-corrected chi connectivity index (χ1v) is 12.1. The second kappa shape index (κ2) is 9.14. The van der Waals surface area contributed by atoms with E-state index < -0.39 is 6.09 Å². The molecule has 9 nitrogen and oxygen atoms in total. The first-order valence-electron chi connectivity index (χ1n) is 12.1. The van der Waals surface area contributed by atoms with Crippen LogP contribution in [0.5, 0.6) is 11.5 Å². The maximum absolute atomic E-state index is 12.1. The Labute approximate surface area is 209 Å². The van der Waals surface area contributed by atoms with Gasteiger partial charge in [-0.2, -0.15) is 5.10 Å². The van der Waals surface area contributed by atoms with Gasteiger partial charge in [0, 0.05) is 12.1 Å². The lowest BCUT2D eigenvalue weighted by atomic mass is 9.77. The summed E-state index contributed by atoms with van der Waals surface area (Å²) in [6.45, 7) is 6.69. The van der Waals surface area contributed by atoms with Crippen LogP contribution in [0.25, 0.3) is 22.3 Å². The van der Waals surface area contributed by atoms with Crippen LogP contribution in [0.2, 0.25) is 0 Å². The Morgan fingerprint density at radius 3 is 2.42 bits per heavy atom. The summed E-state index contributed by atoms with van der Waals surface area (Å²) in [5.74, 6) is 1.80. The minimum Gasteiger partial charge on any atom is -0.465 e. The largest absolute Gasteiger partial charge is 0.465 e. The number of nitrogen functional groups attached to an aromatic ring is 1. The number of amides is 1. The smallest absolute Gasteiger partial charge is 0.407 e. The Bertz CT molecular complexity index is 1380. The van der Waals surface area contributed by atoms with Gasteiger partial charge in [0.05, 0.1) is 17.5 Å². The van der Waals surface area contributed by atoms with Crippen LogP contribution < -0.4 is 10.5 Å². The van der Waals surface area contributed by atoms with E-state index in [9.17, 15) is 9.90 Å². The van der Waals surface area contributed by atoms with Crippen molar-refractivity contribution >= 4 is 22.9 Å². The monoisotopic (exact) mass is 486 g/mol. The molecule has 2 aromatic heterocycles. The van der Waals surface area contributed by atoms with Gasteiger partial charge in [0.2, 0.25) is 0 Å². The number of benzene rings is 2. The number of nitrogens with two attached hydrogens (primary N) is 1. The van der Waals surface area contributed by atoms with E-state index in [1.165, 1.54) is 6.33 Å². The number of hydrogen-bond donors (Lipinski definition) is 2. The molecule has 0 aliphatic carbocycles.